The monoisotopic (exact) mass is 294 g/mol. The average molecular weight is 294 g/mol. The van der Waals surface area contributed by atoms with Crippen molar-refractivity contribution in [2.45, 2.75) is 0 Å². The Hall–Kier alpha value is -2.82. The van der Waals surface area contributed by atoms with Gasteiger partial charge in [0.2, 0.25) is 0 Å². The first kappa shape index (κ1) is 14.1. The number of hydrogen-bond acceptors (Lipinski definition) is 3. The lowest BCUT2D eigenvalue weighted by atomic mass is 10.2. The van der Waals surface area contributed by atoms with Crippen LogP contribution in [0.4, 0.5) is 11.4 Å². The fourth-order valence-corrected chi connectivity index (χ4v) is 2.33. The van der Waals surface area contributed by atoms with Crippen molar-refractivity contribution in [3.8, 4) is 0 Å². The Balaban J connectivity index is 1.80. The summed E-state index contributed by atoms with van der Waals surface area (Å²) >= 11 is 0. The molecule has 112 valence electrons. The molecule has 0 spiro atoms. The largest absolute Gasteiger partial charge is 0.378 e. The van der Waals surface area contributed by atoms with Crippen molar-refractivity contribution in [1.82, 2.24) is 9.55 Å². The molecule has 0 atom stereocenters. The van der Waals surface area contributed by atoms with Crippen LogP contribution in [0.3, 0.4) is 0 Å². The van der Waals surface area contributed by atoms with Crippen LogP contribution in [-0.2, 0) is 7.05 Å². The molecule has 3 rings (SSSR count). The van der Waals surface area contributed by atoms with Crippen LogP contribution in [0.1, 0.15) is 10.4 Å². The van der Waals surface area contributed by atoms with Crippen LogP contribution in [0, 0.1) is 0 Å². The van der Waals surface area contributed by atoms with Gasteiger partial charge in [-0.25, -0.2) is 4.98 Å². The van der Waals surface area contributed by atoms with Gasteiger partial charge in [0, 0.05) is 38.1 Å². The molecular weight excluding hydrogens is 276 g/mol. The Labute approximate surface area is 129 Å². The fraction of sp³-hybridized carbons (Fsp3) is 0.176. The molecule has 1 amide bonds. The number of fused-ring (bicyclic) bond motifs is 1. The van der Waals surface area contributed by atoms with Gasteiger partial charge in [0.05, 0.1) is 17.4 Å². The van der Waals surface area contributed by atoms with Crippen LogP contribution < -0.4 is 10.2 Å². The van der Waals surface area contributed by atoms with Crippen LogP contribution in [0.2, 0.25) is 0 Å². The van der Waals surface area contributed by atoms with E-state index < -0.39 is 0 Å². The van der Waals surface area contributed by atoms with Crippen LogP contribution in [0.25, 0.3) is 11.0 Å². The van der Waals surface area contributed by atoms with Crippen molar-refractivity contribution in [1.29, 1.82) is 0 Å². The number of carbonyl (C=O) groups is 1. The molecule has 22 heavy (non-hydrogen) atoms. The number of benzene rings is 2. The first-order chi connectivity index (χ1) is 10.5. The van der Waals surface area contributed by atoms with Crippen LogP contribution in [-0.4, -0.2) is 29.6 Å². The minimum atomic E-state index is -0.124. The Morgan fingerprint density at radius 1 is 1.14 bits per heavy atom. The second-order valence-electron chi connectivity index (χ2n) is 5.45. The van der Waals surface area contributed by atoms with E-state index in [-0.39, 0.29) is 5.91 Å². The maximum Gasteiger partial charge on any atom is 0.255 e. The Morgan fingerprint density at radius 3 is 2.55 bits per heavy atom. The minimum Gasteiger partial charge on any atom is -0.378 e. The molecule has 1 N–H and O–H groups in total. The third kappa shape index (κ3) is 2.65. The summed E-state index contributed by atoms with van der Waals surface area (Å²) in [5, 5.41) is 2.91. The van der Waals surface area contributed by atoms with Gasteiger partial charge in [-0.15, -0.1) is 0 Å². The zero-order valence-electron chi connectivity index (χ0n) is 12.9. The summed E-state index contributed by atoms with van der Waals surface area (Å²) in [6.07, 6.45) is 1.76. The highest BCUT2D eigenvalue weighted by atomic mass is 16.1. The summed E-state index contributed by atoms with van der Waals surface area (Å²) in [5.41, 5.74) is 4.34. The topological polar surface area (TPSA) is 50.2 Å². The van der Waals surface area contributed by atoms with E-state index in [1.54, 1.807) is 6.33 Å². The van der Waals surface area contributed by atoms with E-state index in [1.165, 1.54) is 0 Å². The quantitative estimate of drug-likeness (QED) is 0.808. The number of hydrogen-bond donors (Lipinski definition) is 1. The number of rotatable bonds is 3. The van der Waals surface area contributed by atoms with Gasteiger partial charge in [-0.3, -0.25) is 4.79 Å². The number of amides is 1. The summed E-state index contributed by atoms with van der Waals surface area (Å²) in [6.45, 7) is 0. The van der Waals surface area contributed by atoms with Crippen LogP contribution in [0.5, 0.6) is 0 Å². The van der Waals surface area contributed by atoms with Crippen molar-refractivity contribution in [3.63, 3.8) is 0 Å². The number of anilines is 2. The van der Waals surface area contributed by atoms with E-state index in [9.17, 15) is 4.79 Å². The van der Waals surface area contributed by atoms with Gasteiger partial charge in [-0.2, -0.15) is 0 Å². The molecule has 1 heterocycles. The Bertz CT molecular complexity index is 818. The van der Waals surface area contributed by atoms with Crippen molar-refractivity contribution < 1.29 is 4.79 Å². The standard InChI is InChI=1S/C17H18N4O/c1-20(2)14-7-4-12(5-8-14)17(22)19-13-6-9-16-15(10-13)18-11-21(16)3/h4-11H,1-3H3,(H,19,22). The predicted molar refractivity (Wildman–Crippen MR) is 89.4 cm³/mol. The lowest BCUT2D eigenvalue weighted by molar-refractivity contribution is 0.102. The van der Waals surface area contributed by atoms with Crippen molar-refractivity contribution in [3.05, 3.63) is 54.4 Å². The summed E-state index contributed by atoms with van der Waals surface area (Å²) in [6, 6.07) is 13.2. The molecule has 5 heteroatoms. The lowest BCUT2D eigenvalue weighted by Gasteiger charge is -2.12. The molecule has 0 aliphatic heterocycles. The van der Waals surface area contributed by atoms with Crippen molar-refractivity contribution in [2.75, 3.05) is 24.3 Å². The highest BCUT2D eigenvalue weighted by Crippen LogP contribution is 2.19. The zero-order chi connectivity index (χ0) is 15.7. The number of nitrogens with one attached hydrogen (secondary N) is 1. The van der Waals surface area contributed by atoms with E-state index in [2.05, 4.69) is 10.3 Å². The van der Waals surface area contributed by atoms with Gasteiger partial charge in [0.1, 0.15) is 0 Å². The normalized spacial score (nSPS) is 10.7. The summed E-state index contributed by atoms with van der Waals surface area (Å²) < 4.78 is 1.95. The Morgan fingerprint density at radius 2 is 1.86 bits per heavy atom. The number of aromatic nitrogens is 2. The van der Waals surface area contributed by atoms with Gasteiger partial charge in [-0.05, 0) is 42.5 Å². The summed E-state index contributed by atoms with van der Waals surface area (Å²) in [7, 11) is 5.88. The molecule has 0 fully saturated rings. The third-order valence-corrected chi connectivity index (χ3v) is 3.63. The van der Waals surface area contributed by atoms with Gasteiger partial charge in [0.25, 0.3) is 5.91 Å². The molecule has 0 saturated carbocycles. The fourth-order valence-electron chi connectivity index (χ4n) is 2.33. The Kier molecular flexibility index (Phi) is 3.55. The van der Waals surface area contributed by atoms with Gasteiger partial charge in [-0.1, -0.05) is 0 Å². The molecule has 0 saturated heterocycles. The van der Waals surface area contributed by atoms with E-state index in [4.69, 9.17) is 0 Å². The highest BCUT2D eigenvalue weighted by molar-refractivity contribution is 6.05. The van der Waals surface area contributed by atoms with E-state index in [0.717, 1.165) is 22.4 Å². The third-order valence-electron chi connectivity index (χ3n) is 3.63. The molecule has 2 aromatic carbocycles. The van der Waals surface area contributed by atoms with Gasteiger partial charge >= 0.3 is 0 Å². The molecule has 1 aromatic heterocycles. The molecule has 3 aromatic rings. The highest BCUT2D eigenvalue weighted by Gasteiger charge is 2.08. The van der Waals surface area contributed by atoms with E-state index in [1.807, 2.05) is 73.1 Å². The van der Waals surface area contributed by atoms with Gasteiger partial charge < -0.3 is 14.8 Å². The SMILES string of the molecule is CN(C)c1ccc(C(=O)Nc2ccc3c(c2)ncn3C)cc1. The number of aryl methyl sites for hydroxylation is 1. The zero-order valence-corrected chi connectivity index (χ0v) is 12.9. The molecule has 0 radical (unpaired) electrons. The first-order valence-electron chi connectivity index (χ1n) is 7.04. The number of nitrogens with zero attached hydrogens (tertiary/aromatic N) is 3. The second kappa shape index (κ2) is 5.52. The van der Waals surface area contributed by atoms with Crippen LogP contribution in [0.15, 0.2) is 48.8 Å². The predicted octanol–water partition coefficient (Wildman–Crippen LogP) is 2.89. The second-order valence-corrected chi connectivity index (χ2v) is 5.45. The van der Waals surface area contributed by atoms with Crippen molar-refractivity contribution in [2.24, 2.45) is 7.05 Å². The van der Waals surface area contributed by atoms with Crippen molar-refractivity contribution >= 4 is 28.3 Å². The van der Waals surface area contributed by atoms with Gasteiger partial charge in [0.15, 0.2) is 0 Å². The molecule has 0 aliphatic rings. The smallest absolute Gasteiger partial charge is 0.255 e. The average Bonchev–Trinajstić information content (AvgIpc) is 2.88. The first-order valence-corrected chi connectivity index (χ1v) is 7.04. The van der Waals surface area contributed by atoms with E-state index >= 15 is 0 Å². The number of carbonyl (C=O) groups excluding carboxylic acids is 1. The molecule has 0 unspecified atom stereocenters. The lowest BCUT2D eigenvalue weighted by Crippen LogP contribution is -2.13. The van der Waals surface area contributed by atoms with E-state index in [0.29, 0.717) is 5.56 Å². The maximum absolute atomic E-state index is 12.3. The summed E-state index contributed by atoms with van der Waals surface area (Å²) in [4.78, 5) is 18.6. The molecular formula is C17H18N4O. The molecule has 0 bridgehead atoms. The van der Waals surface area contributed by atoms with Crippen LogP contribution >= 0.6 is 0 Å². The summed E-state index contributed by atoms with van der Waals surface area (Å²) in [5.74, 6) is -0.124. The maximum atomic E-state index is 12.3. The molecule has 5 nitrogen and oxygen atoms in total. The minimum absolute atomic E-state index is 0.124. The molecule has 0 aliphatic carbocycles. The number of imidazole rings is 1.